The SMILES string of the molecule is C[C@@H]1CN(c2ncccc2F)CCCO1. The number of nitrogens with zero attached hydrogens (tertiary/aromatic N) is 2. The summed E-state index contributed by atoms with van der Waals surface area (Å²) in [7, 11) is 0. The molecule has 2 rings (SSSR count). The first-order valence-electron chi connectivity index (χ1n) is 5.24. The third-order valence-electron chi connectivity index (χ3n) is 2.49. The van der Waals surface area contributed by atoms with Crippen LogP contribution in [0.1, 0.15) is 13.3 Å². The van der Waals surface area contributed by atoms with Crippen LogP contribution in [0.4, 0.5) is 10.2 Å². The van der Waals surface area contributed by atoms with Crippen LogP contribution in [0.5, 0.6) is 0 Å². The molecular formula is C11H15FN2O. The van der Waals surface area contributed by atoms with Gasteiger partial charge in [-0.25, -0.2) is 9.37 Å². The molecule has 1 aliphatic heterocycles. The number of rotatable bonds is 1. The Kier molecular flexibility index (Phi) is 3.16. The van der Waals surface area contributed by atoms with E-state index in [9.17, 15) is 4.39 Å². The Morgan fingerprint density at radius 3 is 3.27 bits per heavy atom. The van der Waals surface area contributed by atoms with Gasteiger partial charge in [-0.3, -0.25) is 0 Å². The molecule has 1 aromatic heterocycles. The van der Waals surface area contributed by atoms with Crippen LogP contribution in [0.15, 0.2) is 18.3 Å². The third-order valence-corrected chi connectivity index (χ3v) is 2.49. The van der Waals surface area contributed by atoms with Gasteiger partial charge in [0.05, 0.1) is 6.10 Å². The van der Waals surface area contributed by atoms with Gasteiger partial charge >= 0.3 is 0 Å². The highest BCUT2D eigenvalue weighted by Crippen LogP contribution is 2.18. The molecule has 1 saturated heterocycles. The molecule has 1 aromatic rings. The van der Waals surface area contributed by atoms with Crippen LogP contribution in [0.2, 0.25) is 0 Å². The molecule has 1 fully saturated rings. The maximum absolute atomic E-state index is 13.5. The summed E-state index contributed by atoms with van der Waals surface area (Å²) < 4.78 is 19.0. The molecule has 15 heavy (non-hydrogen) atoms. The molecule has 1 atom stereocenters. The van der Waals surface area contributed by atoms with Crippen molar-refractivity contribution in [3.8, 4) is 0 Å². The van der Waals surface area contributed by atoms with E-state index in [1.54, 1.807) is 12.3 Å². The number of hydrogen-bond acceptors (Lipinski definition) is 3. The molecule has 0 aliphatic carbocycles. The zero-order chi connectivity index (χ0) is 10.7. The van der Waals surface area contributed by atoms with Crippen LogP contribution in [0.25, 0.3) is 0 Å². The Morgan fingerprint density at radius 2 is 2.47 bits per heavy atom. The van der Waals surface area contributed by atoms with Crippen molar-refractivity contribution in [2.24, 2.45) is 0 Å². The van der Waals surface area contributed by atoms with Crippen LogP contribution < -0.4 is 4.90 Å². The lowest BCUT2D eigenvalue weighted by atomic mass is 10.3. The molecule has 0 aromatic carbocycles. The van der Waals surface area contributed by atoms with E-state index in [1.165, 1.54) is 6.07 Å². The van der Waals surface area contributed by atoms with Gasteiger partial charge in [0.1, 0.15) is 0 Å². The average Bonchev–Trinajstić information content (AvgIpc) is 2.43. The van der Waals surface area contributed by atoms with Crippen molar-refractivity contribution in [3.05, 3.63) is 24.1 Å². The Bertz CT molecular complexity index is 332. The minimum absolute atomic E-state index is 0.133. The molecule has 0 bridgehead atoms. The maximum atomic E-state index is 13.5. The first kappa shape index (κ1) is 10.4. The van der Waals surface area contributed by atoms with E-state index in [4.69, 9.17) is 4.74 Å². The second kappa shape index (κ2) is 4.57. The van der Waals surface area contributed by atoms with Gasteiger partial charge in [0.2, 0.25) is 0 Å². The molecule has 0 saturated carbocycles. The fourth-order valence-electron chi connectivity index (χ4n) is 1.80. The molecule has 2 heterocycles. The third kappa shape index (κ3) is 2.45. The molecule has 0 N–H and O–H groups in total. The highest BCUT2D eigenvalue weighted by Gasteiger charge is 2.18. The monoisotopic (exact) mass is 210 g/mol. The van der Waals surface area contributed by atoms with Gasteiger partial charge in [0.25, 0.3) is 0 Å². The van der Waals surface area contributed by atoms with Crippen LogP contribution in [-0.2, 0) is 4.74 Å². The van der Waals surface area contributed by atoms with Gasteiger partial charge in [-0.2, -0.15) is 0 Å². The number of aromatic nitrogens is 1. The quantitative estimate of drug-likeness (QED) is 0.707. The van der Waals surface area contributed by atoms with Crippen molar-refractivity contribution in [2.75, 3.05) is 24.6 Å². The highest BCUT2D eigenvalue weighted by atomic mass is 19.1. The number of ether oxygens (including phenoxy) is 1. The molecule has 0 amide bonds. The average molecular weight is 210 g/mol. The minimum Gasteiger partial charge on any atom is -0.377 e. The van der Waals surface area contributed by atoms with Crippen molar-refractivity contribution in [1.29, 1.82) is 0 Å². The van der Waals surface area contributed by atoms with Gasteiger partial charge in [0, 0.05) is 25.9 Å². The molecule has 82 valence electrons. The first-order chi connectivity index (χ1) is 7.27. The Labute approximate surface area is 88.9 Å². The summed E-state index contributed by atoms with van der Waals surface area (Å²) in [6.07, 6.45) is 2.67. The van der Waals surface area contributed by atoms with Gasteiger partial charge in [-0.05, 0) is 25.5 Å². The smallest absolute Gasteiger partial charge is 0.165 e. The predicted molar refractivity (Wildman–Crippen MR) is 56.4 cm³/mol. The zero-order valence-corrected chi connectivity index (χ0v) is 8.82. The van der Waals surface area contributed by atoms with Crippen LogP contribution in [0.3, 0.4) is 0 Å². The van der Waals surface area contributed by atoms with Gasteiger partial charge in [0.15, 0.2) is 11.6 Å². The summed E-state index contributed by atoms with van der Waals surface area (Å²) in [6, 6.07) is 3.05. The summed E-state index contributed by atoms with van der Waals surface area (Å²) in [4.78, 5) is 6.02. The molecular weight excluding hydrogens is 195 g/mol. The van der Waals surface area contributed by atoms with Crippen LogP contribution in [0, 0.1) is 5.82 Å². The Balaban J connectivity index is 2.18. The van der Waals surface area contributed by atoms with E-state index in [0.717, 1.165) is 19.6 Å². The van der Waals surface area contributed by atoms with Crippen LogP contribution in [-0.4, -0.2) is 30.8 Å². The summed E-state index contributed by atoms with van der Waals surface area (Å²) in [6.45, 7) is 4.25. The van der Waals surface area contributed by atoms with Crippen molar-refractivity contribution in [1.82, 2.24) is 4.98 Å². The fourth-order valence-corrected chi connectivity index (χ4v) is 1.80. The van der Waals surface area contributed by atoms with Crippen LogP contribution >= 0.6 is 0 Å². The molecule has 3 nitrogen and oxygen atoms in total. The normalized spacial score (nSPS) is 22.5. The number of anilines is 1. The first-order valence-corrected chi connectivity index (χ1v) is 5.24. The molecule has 0 radical (unpaired) electrons. The van der Waals surface area contributed by atoms with E-state index in [0.29, 0.717) is 12.4 Å². The summed E-state index contributed by atoms with van der Waals surface area (Å²) in [5.41, 5.74) is 0. The van der Waals surface area contributed by atoms with Gasteiger partial charge in [-0.1, -0.05) is 0 Å². The van der Waals surface area contributed by atoms with Gasteiger partial charge in [-0.15, -0.1) is 0 Å². The number of pyridine rings is 1. The second-order valence-electron chi connectivity index (χ2n) is 3.79. The van der Waals surface area contributed by atoms with Crippen molar-refractivity contribution in [2.45, 2.75) is 19.4 Å². The van der Waals surface area contributed by atoms with E-state index in [1.807, 2.05) is 11.8 Å². The molecule has 0 unspecified atom stereocenters. The topological polar surface area (TPSA) is 25.4 Å². The predicted octanol–water partition coefficient (Wildman–Crippen LogP) is 1.84. The maximum Gasteiger partial charge on any atom is 0.165 e. The van der Waals surface area contributed by atoms with Gasteiger partial charge < -0.3 is 9.64 Å². The Morgan fingerprint density at radius 1 is 1.60 bits per heavy atom. The van der Waals surface area contributed by atoms with E-state index in [-0.39, 0.29) is 11.9 Å². The molecule has 0 spiro atoms. The summed E-state index contributed by atoms with van der Waals surface area (Å²) in [5.74, 6) is 0.182. The zero-order valence-electron chi connectivity index (χ0n) is 8.82. The molecule has 4 heteroatoms. The highest BCUT2D eigenvalue weighted by molar-refractivity contribution is 5.39. The largest absolute Gasteiger partial charge is 0.377 e. The lowest BCUT2D eigenvalue weighted by Gasteiger charge is -2.23. The summed E-state index contributed by atoms with van der Waals surface area (Å²) >= 11 is 0. The standard InChI is InChI=1S/C11H15FN2O/c1-9-8-14(6-3-7-15-9)11-10(12)4-2-5-13-11/h2,4-5,9H,3,6-8H2,1H3/t9-/m1/s1. The summed E-state index contributed by atoms with van der Waals surface area (Å²) in [5, 5.41) is 0. The lowest BCUT2D eigenvalue weighted by Crippen LogP contribution is -2.31. The second-order valence-corrected chi connectivity index (χ2v) is 3.79. The minimum atomic E-state index is -0.258. The number of hydrogen-bond donors (Lipinski definition) is 0. The van der Waals surface area contributed by atoms with E-state index in [2.05, 4.69) is 4.98 Å². The lowest BCUT2D eigenvalue weighted by molar-refractivity contribution is 0.0820. The van der Waals surface area contributed by atoms with E-state index >= 15 is 0 Å². The molecule has 1 aliphatic rings. The number of halogens is 1. The van der Waals surface area contributed by atoms with Crippen molar-refractivity contribution < 1.29 is 9.13 Å². The fraction of sp³-hybridized carbons (Fsp3) is 0.545. The van der Waals surface area contributed by atoms with E-state index < -0.39 is 0 Å². The van der Waals surface area contributed by atoms with Crippen molar-refractivity contribution >= 4 is 5.82 Å². The Hall–Kier alpha value is -1.16. The van der Waals surface area contributed by atoms with Crippen molar-refractivity contribution in [3.63, 3.8) is 0 Å².